The smallest absolute Gasteiger partial charge is 0.0727 e. The summed E-state index contributed by atoms with van der Waals surface area (Å²) >= 11 is 0. The van der Waals surface area contributed by atoms with Crippen LogP contribution < -0.4 is 10.6 Å². The van der Waals surface area contributed by atoms with Gasteiger partial charge in [0.15, 0.2) is 0 Å². The highest BCUT2D eigenvalue weighted by molar-refractivity contribution is 5.52. The minimum atomic E-state index is 1.07. The summed E-state index contributed by atoms with van der Waals surface area (Å²) in [6, 6.07) is 4.04. The van der Waals surface area contributed by atoms with Crippen molar-refractivity contribution in [3.05, 3.63) is 41.0 Å². The van der Waals surface area contributed by atoms with E-state index >= 15 is 0 Å². The van der Waals surface area contributed by atoms with Crippen LogP contribution in [0.1, 0.15) is 34.6 Å². The molecular formula is C14H21N. The zero-order chi connectivity index (χ0) is 11.7. The molecule has 0 bridgehead atoms. The fourth-order valence-electron chi connectivity index (χ4n) is 1.31. The molecule has 0 aliphatic carbocycles. The van der Waals surface area contributed by atoms with Crippen LogP contribution in [-0.2, 0) is 0 Å². The van der Waals surface area contributed by atoms with Crippen molar-refractivity contribution in [1.82, 2.24) is 4.98 Å². The molecule has 0 aromatic carbocycles. The summed E-state index contributed by atoms with van der Waals surface area (Å²) in [7, 11) is 0. The lowest BCUT2D eigenvalue weighted by atomic mass is 10.2. The molecule has 0 saturated heterocycles. The van der Waals surface area contributed by atoms with Gasteiger partial charge in [-0.25, -0.2) is 0 Å². The van der Waals surface area contributed by atoms with E-state index in [1.165, 1.54) is 10.8 Å². The van der Waals surface area contributed by atoms with Gasteiger partial charge < -0.3 is 0 Å². The zero-order valence-corrected chi connectivity index (χ0v) is 10.4. The summed E-state index contributed by atoms with van der Waals surface area (Å²) in [4.78, 5) is 4.35. The largest absolute Gasteiger partial charge is 0.256 e. The van der Waals surface area contributed by atoms with Crippen molar-refractivity contribution in [2.24, 2.45) is 0 Å². The molecular weight excluding hydrogens is 182 g/mol. The summed E-state index contributed by atoms with van der Waals surface area (Å²) in [6.07, 6.45) is 8.02. The van der Waals surface area contributed by atoms with Crippen molar-refractivity contribution < 1.29 is 0 Å². The van der Waals surface area contributed by atoms with Gasteiger partial charge in [-0.05, 0) is 37.6 Å². The van der Waals surface area contributed by atoms with Crippen molar-refractivity contribution in [2.75, 3.05) is 0 Å². The Morgan fingerprint density at radius 1 is 1.27 bits per heavy atom. The Hall–Kier alpha value is -1.37. The predicted molar refractivity (Wildman–Crippen MR) is 68.9 cm³/mol. The summed E-state index contributed by atoms with van der Waals surface area (Å²) in [5.74, 6) is 0. The highest BCUT2D eigenvalue weighted by Crippen LogP contribution is 1.89. The van der Waals surface area contributed by atoms with Gasteiger partial charge in [0.25, 0.3) is 0 Å². The van der Waals surface area contributed by atoms with Crippen LogP contribution in [0.2, 0.25) is 0 Å². The third-order valence-electron chi connectivity index (χ3n) is 1.94. The van der Waals surface area contributed by atoms with E-state index < -0.39 is 0 Å². The van der Waals surface area contributed by atoms with E-state index in [1.807, 2.05) is 46.0 Å². The number of nitrogens with zero attached hydrogens (tertiary/aromatic N) is 1. The molecule has 1 aromatic heterocycles. The Kier molecular flexibility index (Phi) is 7.25. The maximum absolute atomic E-state index is 4.35. The van der Waals surface area contributed by atoms with E-state index in [0.717, 1.165) is 5.35 Å². The van der Waals surface area contributed by atoms with Crippen LogP contribution >= 0.6 is 0 Å². The third kappa shape index (κ3) is 4.11. The van der Waals surface area contributed by atoms with E-state index in [9.17, 15) is 0 Å². The van der Waals surface area contributed by atoms with Crippen LogP contribution in [0.4, 0.5) is 0 Å². The van der Waals surface area contributed by atoms with E-state index in [1.54, 1.807) is 0 Å². The van der Waals surface area contributed by atoms with E-state index in [-0.39, 0.29) is 0 Å². The maximum Gasteiger partial charge on any atom is 0.0727 e. The second-order valence-corrected chi connectivity index (χ2v) is 2.91. The van der Waals surface area contributed by atoms with Crippen molar-refractivity contribution in [3.63, 3.8) is 0 Å². The van der Waals surface area contributed by atoms with Crippen molar-refractivity contribution in [2.45, 2.75) is 34.6 Å². The third-order valence-corrected chi connectivity index (χ3v) is 1.94. The Balaban J connectivity index is 0.000000921. The first-order valence-corrected chi connectivity index (χ1v) is 5.50. The number of hydrogen-bond donors (Lipinski definition) is 0. The molecule has 0 N–H and O–H groups in total. The topological polar surface area (TPSA) is 12.9 Å². The molecule has 0 fully saturated rings. The molecule has 0 spiro atoms. The summed E-state index contributed by atoms with van der Waals surface area (Å²) in [5, 5.41) is 2.27. The Morgan fingerprint density at radius 2 is 1.93 bits per heavy atom. The fraction of sp³-hybridized carbons (Fsp3) is 0.357. The Labute approximate surface area is 92.9 Å². The van der Waals surface area contributed by atoms with Gasteiger partial charge in [0, 0.05) is 6.20 Å². The molecule has 0 aliphatic rings. The number of hydrogen-bond acceptors (Lipinski definition) is 1. The lowest BCUT2D eigenvalue weighted by molar-refractivity contribution is 1.20. The fourth-order valence-corrected chi connectivity index (χ4v) is 1.31. The molecule has 1 nitrogen and oxygen atoms in total. The lowest BCUT2D eigenvalue weighted by Crippen LogP contribution is -2.28. The summed E-state index contributed by atoms with van der Waals surface area (Å²) in [6.45, 7) is 10.1. The summed E-state index contributed by atoms with van der Waals surface area (Å²) in [5.41, 5.74) is 1.20. The van der Waals surface area contributed by atoms with Crippen LogP contribution in [0.5, 0.6) is 0 Å². The van der Waals surface area contributed by atoms with Crippen molar-refractivity contribution in [1.29, 1.82) is 0 Å². The zero-order valence-electron chi connectivity index (χ0n) is 10.4. The molecule has 0 amide bonds. The quantitative estimate of drug-likeness (QED) is 0.684. The monoisotopic (exact) mass is 203 g/mol. The molecule has 0 saturated carbocycles. The van der Waals surface area contributed by atoms with E-state index in [0.29, 0.717) is 0 Å². The summed E-state index contributed by atoms with van der Waals surface area (Å²) < 4.78 is 0. The normalized spacial score (nSPS) is 13.5. The number of allylic oxidation sites excluding steroid dienone is 2. The average molecular weight is 203 g/mol. The van der Waals surface area contributed by atoms with Gasteiger partial charge in [0.05, 0.1) is 5.35 Å². The average Bonchev–Trinajstić information content (AvgIpc) is 2.32. The maximum atomic E-state index is 4.35. The van der Waals surface area contributed by atoms with Gasteiger partial charge in [-0.3, -0.25) is 4.98 Å². The first kappa shape index (κ1) is 13.6. The van der Waals surface area contributed by atoms with Gasteiger partial charge in [-0.1, -0.05) is 38.1 Å². The van der Waals surface area contributed by atoms with Crippen LogP contribution in [0.15, 0.2) is 30.5 Å². The molecule has 0 unspecified atom stereocenters. The molecule has 1 rings (SSSR count). The van der Waals surface area contributed by atoms with Gasteiger partial charge in [-0.15, -0.1) is 0 Å². The number of aromatic nitrogens is 1. The molecule has 15 heavy (non-hydrogen) atoms. The van der Waals surface area contributed by atoms with Crippen LogP contribution in [-0.4, -0.2) is 4.98 Å². The highest BCUT2D eigenvalue weighted by Gasteiger charge is 1.87. The molecule has 1 heteroatoms. The standard InChI is InChI=1S/C12H15N.C2H6/c1-4-7-10(3)12-11(5-2)8-6-9-13-12;1-2/h4-9H,1-3H3;1-2H3/b7-4-,11-5-,12-10+;. The van der Waals surface area contributed by atoms with E-state index in [4.69, 9.17) is 0 Å². The molecule has 82 valence electrons. The van der Waals surface area contributed by atoms with Gasteiger partial charge in [0.1, 0.15) is 0 Å². The van der Waals surface area contributed by atoms with Gasteiger partial charge in [-0.2, -0.15) is 0 Å². The minimum Gasteiger partial charge on any atom is -0.256 e. The first-order chi connectivity index (χ1) is 7.29. The highest BCUT2D eigenvalue weighted by atomic mass is 14.6. The molecule has 0 atom stereocenters. The predicted octanol–water partition coefficient (Wildman–Crippen LogP) is 2.65. The van der Waals surface area contributed by atoms with Crippen molar-refractivity contribution >= 4 is 11.6 Å². The van der Waals surface area contributed by atoms with Crippen LogP contribution in [0.25, 0.3) is 11.6 Å². The van der Waals surface area contributed by atoms with Crippen molar-refractivity contribution in [3.8, 4) is 0 Å². The first-order valence-electron chi connectivity index (χ1n) is 5.50. The van der Waals surface area contributed by atoms with Gasteiger partial charge in [0.2, 0.25) is 0 Å². The second-order valence-electron chi connectivity index (χ2n) is 2.91. The molecule has 0 radical (unpaired) electrons. The SMILES string of the molecule is CC.C\C=C/C(C)=c1/nccc/c1=C/C. The Morgan fingerprint density at radius 3 is 2.47 bits per heavy atom. The molecule has 1 heterocycles. The van der Waals surface area contributed by atoms with E-state index in [2.05, 4.69) is 30.1 Å². The second kappa shape index (κ2) is 7.98. The molecule has 1 aromatic rings. The van der Waals surface area contributed by atoms with Crippen LogP contribution in [0, 0.1) is 0 Å². The number of rotatable bonds is 1. The minimum absolute atomic E-state index is 1.07. The Bertz CT molecular complexity index is 413. The lowest BCUT2D eigenvalue weighted by Gasteiger charge is -1.92. The van der Waals surface area contributed by atoms with Crippen LogP contribution in [0.3, 0.4) is 0 Å². The van der Waals surface area contributed by atoms with Gasteiger partial charge >= 0.3 is 0 Å². The molecule has 0 aliphatic heterocycles. The number of pyridine rings is 1.